The fourth-order valence-electron chi connectivity index (χ4n) is 2.50. The highest BCUT2D eigenvalue weighted by molar-refractivity contribution is 5.50. The number of hydrogen-bond donors (Lipinski definition) is 2. The largest absolute Gasteiger partial charge is 0.392 e. The Hall–Kier alpha value is -1.24. The minimum absolute atomic E-state index is 0.128. The first kappa shape index (κ1) is 15.2. The maximum absolute atomic E-state index is 13.9. The minimum atomic E-state index is -0.998. The van der Waals surface area contributed by atoms with Gasteiger partial charge in [0.05, 0.1) is 12.2 Å². The van der Waals surface area contributed by atoms with Crippen molar-refractivity contribution in [3.8, 4) is 0 Å². The van der Waals surface area contributed by atoms with Crippen molar-refractivity contribution in [2.75, 3.05) is 31.7 Å². The monoisotopic (exact) mass is 287 g/mol. The number of nitrogens with zero attached hydrogens (tertiary/aromatic N) is 1. The van der Waals surface area contributed by atoms with E-state index in [0.717, 1.165) is 12.1 Å². The second-order valence-electron chi connectivity index (χ2n) is 5.26. The van der Waals surface area contributed by atoms with Gasteiger partial charge in [-0.1, -0.05) is 0 Å². The molecule has 0 spiro atoms. The van der Waals surface area contributed by atoms with E-state index in [1.807, 2.05) is 0 Å². The highest BCUT2D eigenvalue weighted by Crippen LogP contribution is 2.28. The molecule has 0 atom stereocenters. The van der Waals surface area contributed by atoms with Gasteiger partial charge in [-0.05, 0) is 17.7 Å². The fraction of sp³-hybridized carbons (Fsp3) is 0.571. The van der Waals surface area contributed by atoms with E-state index in [2.05, 4.69) is 0 Å². The van der Waals surface area contributed by atoms with Gasteiger partial charge in [0, 0.05) is 39.6 Å². The number of likely N-dealkylation sites (N-methyl/N-ethyl adjacent to an activating group) is 1. The molecule has 1 heterocycles. The molecule has 20 heavy (non-hydrogen) atoms. The van der Waals surface area contributed by atoms with E-state index in [0.29, 0.717) is 26.1 Å². The van der Waals surface area contributed by atoms with E-state index in [1.165, 1.54) is 11.9 Å². The molecule has 0 amide bonds. The summed E-state index contributed by atoms with van der Waals surface area (Å²) in [5, 5.41) is 19.3. The van der Waals surface area contributed by atoms with Crippen LogP contribution in [0.15, 0.2) is 12.1 Å². The zero-order chi connectivity index (χ0) is 14.8. The van der Waals surface area contributed by atoms with Crippen LogP contribution in [-0.4, -0.2) is 42.6 Å². The van der Waals surface area contributed by atoms with Crippen LogP contribution >= 0.6 is 0 Å². The van der Waals surface area contributed by atoms with Gasteiger partial charge in [0.15, 0.2) is 0 Å². The van der Waals surface area contributed by atoms with Crippen LogP contribution in [0.25, 0.3) is 0 Å². The molecule has 0 aliphatic carbocycles. The topological polar surface area (TPSA) is 52.9 Å². The first-order valence-corrected chi connectivity index (χ1v) is 6.55. The van der Waals surface area contributed by atoms with E-state index in [9.17, 15) is 13.9 Å². The highest BCUT2D eigenvalue weighted by Gasteiger charge is 2.32. The van der Waals surface area contributed by atoms with Gasteiger partial charge >= 0.3 is 0 Å². The van der Waals surface area contributed by atoms with Gasteiger partial charge in [-0.15, -0.1) is 0 Å². The van der Waals surface area contributed by atoms with Crippen molar-refractivity contribution in [3.05, 3.63) is 29.3 Å². The molecule has 0 bridgehead atoms. The maximum Gasteiger partial charge on any atom is 0.149 e. The average Bonchev–Trinajstić information content (AvgIpc) is 2.37. The van der Waals surface area contributed by atoms with Crippen molar-refractivity contribution < 1.29 is 23.7 Å². The van der Waals surface area contributed by atoms with Gasteiger partial charge in [0.1, 0.15) is 17.3 Å². The van der Waals surface area contributed by atoms with Crippen LogP contribution in [0, 0.1) is 11.6 Å². The molecule has 4 nitrogen and oxygen atoms in total. The summed E-state index contributed by atoms with van der Waals surface area (Å²) in [6, 6.07) is 2.20. The Balaban J connectivity index is 2.18. The zero-order valence-electron chi connectivity index (χ0n) is 11.4. The third kappa shape index (κ3) is 3.26. The lowest BCUT2D eigenvalue weighted by atomic mass is 9.93. The first-order chi connectivity index (χ1) is 9.45. The Morgan fingerprint density at radius 1 is 1.25 bits per heavy atom. The molecule has 2 rings (SSSR count). The molecule has 2 N–H and O–H groups in total. The zero-order valence-corrected chi connectivity index (χ0v) is 11.4. The number of aliphatic hydroxyl groups excluding tert-OH is 1. The molecule has 0 unspecified atom stereocenters. The fourth-order valence-corrected chi connectivity index (χ4v) is 2.50. The molecular formula is C14H19F2NO3. The van der Waals surface area contributed by atoms with Crippen molar-refractivity contribution in [2.45, 2.75) is 25.0 Å². The lowest BCUT2D eigenvalue weighted by Crippen LogP contribution is -2.46. The maximum atomic E-state index is 13.9. The third-order valence-electron chi connectivity index (χ3n) is 3.60. The van der Waals surface area contributed by atoms with Gasteiger partial charge in [0.2, 0.25) is 0 Å². The van der Waals surface area contributed by atoms with E-state index >= 15 is 0 Å². The summed E-state index contributed by atoms with van der Waals surface area (Å²) in [5.74, 6) is -1.49. The highest BCUT2D eigenvalue weighted by atomic mass is 19.1. The van der Waals surface area contributed by atoms with Gasteiger partial charge in [-0.25, -0.2) is 8.78 Å². The molecule has 1 aliphatic rings. The SMILES string of the molecule is CN(CC1(O)CCOCC1)c1c(F)cc(CO)cc1F. The molecule has 1 aliphatic heterocycles. The molecule has 1 fully saturated rings. The van der Waals surface area contributed by atoms with Crippen LogP contribution in [0.3, 0.4) is 0 Å². The summed E-state index contributed by atoms with van der Waals surface area (Å²) in [7, 11) is 1.54. The third-order valence-corrected chi connectivity index (χ3v) is 3.60. The second-order valence-corrected chi connectivity index (χ2v) is 5.26. The van der Waals surface area contributed by atoms with Crippen LogP contribution in [0.5, 0.6) is 0 Å². The lowest BCUT2D eigenvalue weighted by Gasteiger charge is -2.36. The number of halogens is 2. The van der Waals surface area contributed by atoms with E-state index in [1.54, 1.807) is 0 Å². The molecule has 6 heteroatoms. The van der Waals surface area contributed by atoms with Crippen LogP contribution in [0.2, 0.25) is 0 Å². The predicted molar refractivity (Wildman–Crippen MR) is 70.6 cm³/mol. The molecule has 0 aromatic heterocycles. The molecular weight excluding hydrogens is 268 g/mol. The first-order valence-electron chi connectivity index (χ1n) is 6.55. The molecule has 0 saturated carbocycles. The van der Waals surface area contributed by atoms with Crippen molar-refractivity contribution in [1.82, 2.24) is 0 Å². The van der Waals surface area contributed by atoms with Crippen molar-refractivity contribution in [1.29, 1.82) is 0 Å². The minimum Gasteiger partial charge on any atom is -0.392 e. The van der Waals surface area contributed by atoms with Crippen LogP contribution < -0.4 is 4.90 Å². The van der Waals surface area contributed by atoms with Crippen LogP contribution in [0.4, 0.5) is 14.5 Å². The standard InChI is InChI=1S/C14H19F2NO3/c1-17(9-14(19)2-4-20-5-3-14)13-11(15)6-10(8-18)7-12(13)16/h6-7,18-19H,2-5,8-9H2,1H3. The number of ether oxygens (including phenoxy) is 1. The summed E-state index contributed by atoms with van der Waals surface area (Å²) in [5.41, 5.74) is -1.01. The second kappa shape index (κ2) is 6.03. The number of hydrogen-bond acceptors (Lipinski definition) is 4. The van der Waals surface area contributed by atoms with Crippen molar-refractivity contribution in [2.24, 2.45) is 0 Å². The summed E-state index contributed by atoms with van der Waals surface area (Å²) in [6.45, 7) is 0.597. The lowest BCUT2D eigenvalue weighted by molar-refractivity contribution is -0.0573. The van der Waals surface area contributed by atoms with Crippen molar-refractivity contribution >= 4 is 5.69 Å². The molecule has 1 saturated heterocycles. The van der Waals surface area contributed by atoms with E-state index in [4.69, 9.17) is 9.84 Å². The quantitative estimate of drug-likeness (QED) is 0.880. The van der Waals surface area contributed by atoms with Gasteiger partial charge in [-0.3, -0.25) is 0 Å². The van der Waals surface area contributed by atoms with E-state index in [-0.39, 0.29) is 17.8 Å². The average molecular weight is 287 g/mol. The Kier molecular flexibility index (Phi) is 4.57. The molecule has 1 aromatic carbocycles. The summed E-state index contributed by atoms with van der Waals surface area (Å²) in [6.07, 6.45) is 0.880. The van der Waals surface area contributed by atoms with Crippen molar-refractivity contribution in [3.63, 3.8) is 0 Å². The number of benzene rings is 1. The summed E-state index contributed by atoms with van der Waals surface area (Å²) < 4.78 is 33.0. The van der Waals surface area contributed by atoms with Crippen LogP contribution in [0.1, 0.15) is 18.4 Å². The summed E-state index contributed by atoms with van der Waals surface area (Å²) >= 11 is 0. The smallest absolute Gasteiger partial charge is 0.149 e. The Morgan fingerprint density at radius 2 is 1.80 bits per heavy atom. The van der Waals surface area contributed by atoms with Gasteiger partial charge in [-0.2, -0.15) is 0 Å². The Bertz CT molecular complexity index is 452. The predicted octanol–water partition coefficient (Wildman–Crippen LogP) is 1.43. The Labute approximate surface area is 116 Å². The normalized spacial score (nSPS) is 18.1. The molecule has 1 aromatic rings. The number of anilines is 1. The molecule has 112 valence electrons. The number of rotatable bonds is 4. The molecule has 0 radical (unpaired) electrons. The van der Waals surface area contributed by atoms with E-state index < -0.39 is 23.8 Å². The summed E-state index contributed by atoms with van der Waals surface area (Å²) in [4.78, 5) is 1.37. The number of aliphatic hydroxyl groups is 2. The Morgan fingerprint density at radius 3 is 2.30 bits per heavy atom. The van der Waals surface area contributed by atoms with Crippen LogP contribution in [-0.2, 0) is 11.3 Å². The van der Waals surface area contributed by atoms with Gasteiger partial charge in [0.25, 0.3) is 0 Å². The van der Waals surface area contributed by atoms with Gasteiger partial charge < -0.3 is 19.8 Å².